The highest BCUT2D eigenvalue weighted by Crippen LogP contribution is 2.35. The average molecular weight is 239 g/mol. The highest BCUT2D eigenvalue weighted by atomic mass is 32.1. The first kappa shape index (κ1) is 11.9. The van der Waals surface area contributed by atoms with Gasteiger partial charge in [0.15, 0.2) is 5.13 Å². The summed E-state index contributed by atoms with van der Waals surface area (Å²) in [5, 5.41) is 4.50. The number of thiazole rings is 1. The van der Waals surface area contributed by atoms with E-state index >= 15 is 0 Å². The van der Waals surface area contributed by atoms with Gasteiger partial charge in [0.1, 0.15) is 0 Å². The van der Waals surface area contributed by atoms with Crippen LogP contribution in [0.25, 0.3) is 0 Å². The first-order valence-corrected chi connectivity index (χ1v) is 6.69. The second kappa shape index (κ2) is 4.34. The van der Waals surface area contributed by atoms with Gasteiger partial charge in [0.05, 0.1) is 5.69 Å². The quantitative estimate of drug-likeness (QED) is 0.876. The van der Waals surface area contributed by atoms with Crippen LogP contribution in [-0.4, -0.2) is 31.7 Å². The van der Waals surface area contributed by atoms with Crippen LogP contribution in [0.1, 0.15) is 23.9 Å². The third kappa shape index (κ3) is 2.23. The minimum atomic E-state index is 0.405. The van der Waals surface area contributed by atoms with E-state index < -0.39 is 0 Å². The number of rotatable bonds is 3. The van der Waals surface area contributed by atoms with Gasteiger partial charge in [-0.25, -0.2) is 4.98 Å². The molecule has 0 spiro atoms. The second-order valence-corrected chi connectivity index (χ2v) is 6.33. The normalized spacial score (nSPS) is 25.4. The predicted molar refractivity (Wildman–Crippen MR) is 70.5 cm³/mol. The van der Waals surface area contributed by atoms with Crippen molar-refractivity contribution in [1.29, 1.82) is 0 Å². The van der Waals surface area contributed by atoms with Gasteiger partial charge in [0, 0.05) is 24.5 Å². The summed E-state index contributed by atoms with van der Waals surface area (Å²) in [4.78, 5) is 8.42. The summed E-state index contributed by atoms with van der Waals surface area (Å²) in [5.41, 5.74) is 1.59. The van der Waals surface area contributed by atoms with Gasteiger partial charge in [-0.05, 0) is 32.7 Å². The fourth-order valence-electron chi connectivity index (χ4n) is 2.35. The molecule has 0 radical (unpaired) electrons. The Hall–Kier alpha value is -0.610. The smallest absolute Gasteiger partial charge is 0.185 e. The lowest BCUT2D eigenvalue weighted by Crippen LogP contribution is -2.33. The zero-order valence-corrected chi connectivity index (χ0v) is 11.4. The monoisotopic (exact) mass is 239 g/mol. The number of nitrogens with one attached hydrogen (secondary N) is 1. The maximum Gasteiger partial charge on any atom is 0.185 e. The zero-order valence-electron chi connectivity index (χ0n) is 10.6. The van der Waals surface area contributed by atoms with Crippen LogP contribution in [0.3, 0.4) is 0 Å². The van der Waals surface area contributed by atoms with E-state index in [9.17, 15) is 0 Å². The van der Waals surface area contributed by atoms with E-state index in [1.54, 1.807) is 0 Å². The Morgan fingerprint density at radius 3 is 2.81 bits per heavy atom. The van der Waals surface area contributed by atoms with Gasteiger partial charge >= 0.3 is 0 Å². The minimum absolute atomic E-state index is 0.405. The van der Waals surface area contributed by atoms with Gasteiger partial charge in [0.25, 0.3) is 0 Å². The Morgan fingerprint density at radius 1 is 1.50 bits per heavy atom. The van der Waals surface area contributed by atoms with Crippen molar-refractivity contribution in [2.24, 2.45) is 5.41 Å². The second-order valence-electron chi connectivity index (χ2n) is 5.15. The molecule has 4 heteroatoms. The number of hydrogen-bond acceptors (Lipinski definition) is 4. The predicted octanol–water partition coefficient (Wildman–Crippen LogP) is 2.20. The van der Waals surface area contributed by atoms with E-state index in [0.717, 1.165) is 19.6 Å². The molecule has 1 saturated heterocycles. The third-order valence-electron chi connectivity index (χ3n) is 3.45. The molecule has 1 aromatic rings. The van der Waals surface area contributed by atoms with Crippen LogP contribution in [0, 0.1) is 19.3 Å². The molecule has 2 heterocycles. The molecule has 90 valence electrons. The Labute approximate surface area is 102 Å². The van der Waals surface area contributed by atoms with Crippen molar-refractivity contribution >= 4 is 16.5 Å². The molecule has 0 amide bonds. The van der Waals surface area contributed by atoms with Crippen LogP contribution in [0.4, 0.5) is 5.13 Å². The molecule has 2 rings (SSSR count). The molecule has 0 aliphatic carbocycles. The van der Waals surface area contributed by atoms with Crippen LogP contribution < -0.4 is 10.2 Å². The van der Waals surface area contributed by atoms with Crippen LogP contribution in [0.15, 0.2) is 0 Å². The first-order chi connectivity index (χ1) is 7.54. The summed E-state index contributed by atoms with van der Waals surface area (Å²) in [7, 11) is 2.03. The molecule has 0 aromatic carbocycles. The standard InChI is InChI=1S/C12H21N3S/c1-9-10(2)16-11(14-9)15-6-5-12(3,8-15)7-13-4/h13H,5-8H2,1-4H3. The molecule has 0 bridgehead atoms. The van der Waals surface area contributed by atoms with E-state index in [-0.39, 0.29) is 0 Å². The SMILES string of the molecule is CNCC1(C)CCN(c2nc(C)c(C)s2)C1. The molecule has 16 heavy (non-hydrogen) atoms. The van der Waals surface area contributed by atoms with Crippen molar-refractivity contribution < 1.29 is 0 Å². The average Bonchev–Trinajstić information content (AvgIpc) is 2.73. The molecule has 1 fully saturated rings. The molecule has 1 unspecified atom stereocenters. The van der Waals surface area contributed by atoms with E-state index in [2.05, 4.69) is 36.0 Å². The highest BCUT2D eigenvalue weighted by Gasteiger charge is 2.34. The zero-order chi connectivity index (χ0) is 11.8. The minimum Gasteiger partial charge on any atom is -0.347 e. The van der Waals surface area contributed by atoms with Crippen LogP contribution in [0.5, 0.6) is 0 Å². The molecular formula is C12H21N3S. The number of anilines is 1. The van der Waals surface area contributed by atoms with Crippen molar-refractivity contribution in [2.45, 2.75) is 27.2 Å². The number of hydrogen-bond donors (Lipinski definition) is 1. The molecular weight excluding hydrogens is 218 g/mol. The highest BCUT2D eigenvalue weighted by molar-refractivity contribution is 7.15. The molecule has 1 aromatic heterocycles. The van der Waals surface area contributed by atoms with E-state index in [0.29, 0.717) is 5.41 Å². The Morgan fingerprint density at radius 2 is 2.25 bits per heavy atom. The largest absolute Gasteiger partial charge is 0.347 e. The van der Waals surface area contributed by atoms with Crippen LogP contribution in [-0.2, 0) is 0 Å². The fourth-order valence-corrected chi connectivity index (χ4v) is 3.28. The van der Waals surface area contributed by atoms with Crippen molar-refractivity contribution in [3.05, 3.63) is 10.6 Å². The molecule has 1 aliphatic heterocycles. The number of nitrogens with zero attached hydrogens (tertiary/aromatic N) is 2. The number of aryl methyl sites for hydroxylation is 2. The summed E-state index contributed by atoms with van der Waals surface area (Å²) in [6.07, 6.45) is 1.26. The van der Waals surface area contributed by atoms with Crippen LogP contribution in [0.2, 0.25) is 0 Å². The Bertz CT molecular complexity index is 355. The Kier molecular flexibility index (Phi) is 3.22. The van der Waals surface area contributed by atoms with Gasteiger partial charge in [-0.15, -0.1) is 11.3 Å². The van der Waals surface area contributed by atoms with Gasteiger partial charge in [-0.1, -0.05) is 6.92 Å². The molecule has 1 atom stereocenters. The summed E-state index contributed by atoms with van der Waals surface area (Å²) in [6, 6.07) is 0. The van der Waals surface area contributed by atoms with Crippen molar-refractivity contribution in [2.75, 3.05) is 31.6 Å². The molecule has 3 nitrogen and oxygen atoms in total. The third-order valence-corrected chi connectivity index (χ3v) is 4.58. The van der Waals surface area contributed by atoms with E-state index in [4.69, 9.17) is 0 Å². The van der Waals surface area contributed by atoms with Crippen LogP contribution >= 0.6 is 11.3 Å². The summed E-state index contributed by atoms with van der Waals surface area (Å²) in [6.45, 7) is 9.96. The summed E-state index contributed by atoms with van der Waals surface area (Å²) < 4.78 is 0. The van der Waals surface area contributed by atoms with Gasteiger partial charge < -0.3 is 10.2 Å². The first-order valence-electron chi connectivity index (χ1n) is 5.88. The van der Waals surface area contributed by atoms with E-state index in [1.807, 2.05) is 18.4 Å². The van der Waals surface area contributed by atoms with Gasteiger partial charge in [-0.3, -0.25) is 0 Å². The lowest BCUT2D eigenvalue weighted by atomic mass is 9.90. The maximum atomic E-state index is 4.64. The molecule has 1 N–H and O–H groups in total. The number of aromatic nitrogens is 1. The maximum absolute atomic E-state index is 4.64. The van der Waals surface area contributed by atoms with Crippen molar-refractivity contribution in [3.63, 3.8) is 0 Å². The van der Waals surface area contributed by atoms with Crippen molar-refractivity contribution in [1.82, 2.24) is 10.3 Å². The van der Waals surface area contributed by atoms with Crippen molar-refractivity contribution in [3.8, 4) is 0 Å². The fraction of sp³-hybridized carbons (Fsp3) is 0.750. The summed E-state index contributed by atoms with van der Waals surface area (Å²) in [5.74, 6) is 0. The lowest BCUT2D eigenvalue weighted by Gasteiger charge is -2.23. The molecule has 1 aliphatic rings. The topological polar surface area (TPSA) is 28.2 Å². The lowest BCUT2D eigenvalue weighted by molar-refractivity contribution is 0.356. The van der Waals surface area contributed by atoms with Gasteiger partial charge in [-0.2, -0.15) is 0 Å². The Balaban J connectivity index is 2.08. The molecule has 0 saturated carbocycles. The van der Waals surface area contributed by atoms with Gasteiger partial charge in [0.2, 0.25) is 0 Å². The summed E-state index contributed by atoms with van der Waals surface area (Å²) >= 11 is 1.82. The van der Waals surface area contributed by atoms with E-state index in [1.165, 1.54) is 22.1 Å².